The molecule has 1 heterocycles. The molecule has 3 nitrogen and oxygen atoms in total. The summed E-state index contributed by atoms with van der Waals surface area (Å²) in [7, 11) is -2.02. The Morgan fingerprint density at radius 3 is 1.92 bits per heavy atom. The van der Waals surface area contributed by atoms with Crippen LogP contribution in [-0.4, -0.2) is 24.9 Å². The molecule has 12 heavy (non-hydrogen) atoms. The molecule has 0 aliphatic carbocycles. The molecule has 0 aromatic heterocycles. The summed E-state index contributed by atoms with van der Waals surface area (Å²) in [4.78, 5) is 22.3. The predicted molar refractivity (Wildman–Crippen MR) is 54.5 cm³/mol. The Morgan fingerprint density at radius 2 is 1.75 bits per heavy atom. The monoisotopic (exact) mass is 207 g/mol. The molecule has 0 radical (unpaired) electrons. The lowest BCUT2D eigenvalue weighted by Crippen LogP contribution is -2.23. The molecule has 0 fully saturated rings. The zero-order chi connectivity index (χ0) is 9.57. The van der Waals surface area contributed by atoms with Crippen LogP contribution in [0, 0.1) is 0 Å². The van der Waals surface area contributed by atoms with Crippen LogP contribution in [0.15, 0.2) is 4.99 Å². The van der Waals surface area contributed by atoms with Gasteiger partial charge in [-0.2, -0.15) is 0 Å². The molecule has 0 amide bonds. The van der Waals surface area contributed by atoms with Crippen molar-refractivity contribution >= 4 is 25.6 Å². The van der Waals surface area contributed by atoms with Gasteiger partial charge >= 0.3 is 0 Å². The molecule has 0 spiro atoms. The van der Waals surface area contributed by atoms with Crippen LogP contribution in [0.1, 0.15) is 27.7 Å². The molecule has 1 aliphatic rings. The van der Waals surface area contributed by atoms with Crippen molar-refractivity contribution in [1.82, 2.24) is 0 Å². The smallest absolute Gasteiger partial charge is 0.216 e. The molecule has 5 heteroatoms. The molecule has 0 saturated heterocycles. The lowest BCUT2D eigenvalue weighted by atomic mass is 10.2. The third-order valence-corrected chi connectivity index (χ3v) is 4.09. The fraction of sp³-hybridized carbons (Fsp3) is 0.857. The second kappa shape index (κ2) is 2.95. The second-order valence-corrected chi connectivity index (χ2v) is 7.01. The van der Waals surface area contributed by atoms with Gasteiger partial charge in [0.1, 0.15) is 10.3 Å². The third kappa shape index (κ3) is 1.99. The van der Waals surface area contributed by atoms with Gasteiger partial charge in [0.2, 0.25) is 8.38 Å². The summed E-state index contributed by atoms with van der Waals surface area (Å²) in [5.74, 6) is 0. The minimum absolute atomic E-state index is 0.217. The van der Waals surface area contributed by atoms with Crippen molar-refractivity contribution in [2.45, 2.75) is 37.3 Å². The van der Waals surface area contributed by atoms with Crippen LogP contribution < -0.4 is 0 Å². The minimum atomic E-state index is -2.02. The first-order valence-corrected chi connectivity index (χ1v) is 5.79. The van der Waals surface area contributed by atoms with Crippen molar-refractivity contribution < 1.29 is 9.79 Å². The Labute approximate surface area is 78.2 Å². The normalized spacial score (nSPS) is 26.1. The summed E-state index contributed by atoms with van der Waals surface area (Å²) in [6, 6.07) is 0. The molecule has 1 aliphatic heterocycles. The summed E-state index contributed by atoms with van der Waals surface area (Å²) in [5, 5.41) is 0. The van der Waals surface area contributed by atoms with E-state index in [0.717, 1.165) is 0 Å². The van der Waals surface area contributed by atoms with Crippen LogP contribution in [0.5, 0.6) is 0 Å². The van der Waals surface area contributed by atoms with Gasteiger partial charge in [0.15, 0.2) is 0 Å². The molecule has 2 N–H and O–H groups in total. The molecule has 0 aromatic rings. The van der Waals surface area contributed by atoms with Gasteiger partial charge in [-0.1, -0.05) is 0 Å². The summed E-state index contributed by atoms with van der Waals surface area (Å²) in [6.07, 6.45) is 0. The zero-order valence-corrected chi connectivity index (χ0v) is 9.41. The van der Waals surface area contributed by atoms with E-state index < -0.39 is 8.38 Å². The lowest BCUT2D eigenvalue weighted by Gasteiger charge is -2.22. The molecule has 1 rings (SSSR count). The van der Waals surface area contributed by atoms with Crippen LogP contribution in [0.25, 0.3) is 0 Å². The number of aliphatic imine (C=N–C) groups is 1. The average Bonchev–Trinajstić information content (AvgIpc) is 1.99. The Morgan fingerprint density at radius 1 is 1.25 bits per heavy atom. The van der Waals surface area contributed by atoms with Gasteiger partial charge in [0.05, 0.1) is 4.75 Å². The molecular weight excluding hydrogens is 193 g/mol. The van der Waals surface area contributed by atoms with Gasteiger partial charge in [0, 0.05) is 0 Å². The predicted octanol–water partition coefficient (Wildman–Crippen LogP) is 1.94. The van der Waals surface area contributed by atoms with Gasteiger partial charge < -0.3 is 9.79 Å². The SMILES string of the molecule is CC1(C)N=C(P(O)O)C(C)(C)S1. The molecule has 0 bridgehead atoms. The first-order valence-electron chi connectivity index (χ1n) is 3.73. The third-order valence-electron chi connectivity index (χ3n) is 1.61. The topological polar surface area (TPSA) is 52.8 Å². The van der Waals surface area contributed by atoms with Crippen LogP contribution in [0.2, 0.25) is 0 Å². The summed E-state index contributed by atoms with van der Waals surface area (Å²) < 4.78 is -0.237. The molecule has 0 atom stereocenters. The van der Waals surface area contributed by atoms with Crippen LogP contribution in [0.4, 0.5) is 0 Å². The van der Waals surface area contributed by atoms with E-state index in [2.05, 4.69) is 4.99 Å². The summed E-state index contributed by atoms with van der Waals surface area (Å²) >= 11 is 1.65. The molecule has 70 valence electrons. The Bertz CT molecular complexity index is 225. The number of hydrogen-bond acceptors (Lipinski definition) is 4. The number of thioether (sulfide) groups is 1. The fourth-order valence-corrected chi connectivity index (χ4v) is 4.16. The highest BCUT2D eigenvalue weighted by Gasteiger charge is 2.43. The maximum Gasteiger partial charge on any atom is 0.216 e. The van der Waals surface area contributed by atoms with E-state index in [1.807, 2.05) is 27.7 Å². The first kappa shape index (κ1) is 10.5. The Kier molecular flexibility index (Phi) is 2.57. The summed E-state index contributed by atoms with van der Waals surface area (Å²) in [6.45, 7) is 7.89. The number of rotatable bonds is 1. The van der Waals surface area contributed by atoms with Crippen molar-refractivity contribution in [3.8, 4) is 0 Å². The molecular formula is C7H14NO2PS. The van der Waals surface area contributed by atoms with E-state index in [0.29, 0.717) is 5.45 Å². The van der Waals surface area contributed by atoms with Crippen LogP contribution >= 0.6 is 20.1 Å². The van der Waals surface area contributed by atoms with Gasteiger partial charge in [0.25, 0.3) is 0 Å². The van der Waals surface area contributed by atoms with Crippen molar-refractivity contribution in [2.75, 3.05) is 0 Å². The van der Waals surface area contributed by atoms with E-state index in [-0.39, 0.29) is 9.62 Å². The zero-order valence-electron chi connectivity index (χ0n) is 7.70. The highest BCUT2D eigenvalue weighted by molar-refractivity contribution is 8.04. The van der Waals surface area contributed by atoms with E-state index in [1.165, 1.54) is 0 Å². The lowest BCUT2D eigenvalue weighted by molar-refractivity contribution is 0.498. The van der Waals surface area contributed by atoms with E-state index in [1.54, 1.807) is 11.8 Å². The van der Waals surface area contributed by atoms with Crippen molar-refractivity contribution in [3.63, 3.8) is 0 Å². The van der Waals surface area contributed by atoms with E-state index in [4.69, 9.17) is 9.79 Å². The average molecular weight is 207 g/mol. The van der Waals surface area contributed by atoms with E-state index >= 15 is 0 Å². The first-order chi connectivity index (χ1) is 5.25. The van der Waals surface area contributed by atoms with Gasteiger partial charge in [-0.3, -0.25) is 4.99 Å². The largest absolute Gasteiger partial charge is 0.346 e. The Balaban J connectivity index is 2.96. The highest BCUT2D eigenvalue weighted by atomic mass is 32.2. The van der Waals surface area contributed by atoms with Crippen molar-refractivity contribution in [2.24, 2.45) is 4.99 Å². The van der Waals surface area contributed by atoms with Crippen LogP contribution in [0.3, 0.4) is 0 Å². The van der Waals surface area contributed by atoms with Gasteiger partial charge in [-0.05, 0) is 27.7 Å². The van der Waals surface area contributed by atoms with E-state index in [9.17, 15) is 0 Å². The highest BCUT2D eigenvalue weighted by Crippen LogP contribution is 2.51. The van der Waals surface area contributed by atoms with Gasteiger partial charge in [-0.15, -0.1) is 11.8 Å². The fourth-order valence-electron chi connectivity index (χ4n) is 1.37. The van der Waals surface area contributed by atoms with Crippen molar-refractivity contribution in [3.05, 3.63) is 0 Å². The maximum absolute atomic E-state index is 9.10. The maximum atomic E-state index is 9.10. The number of hydrogen-bond donors (Lipinski definition) is 2. The Hall–Kier alpha value is 0.370. The molecule has 0 unspecified atom stereocenters. The summed E-state index contributed by atoms with van der Waals surface area (Å²) in [5.41, 5.74) is 0.535. The molecule has 0 saturated carbocycles. The quantitative estimate of drug-likeness (QED) is 0.646. The number of nitrogens with zero attached hydrogens (tertiary/aromatic N) is 1. The second-order valence-electron chi connectivity index (χ2n) is 3.78. The standard InChI is InChI=1S/C7H14NO2PS/c1-6(2)5(11(9)10)8-7(3,4)12-6/h9-10H,1-4H3. The van der Waals surface area contributed by atoms with Gasteiger partial charge in [-0.25, -0.2) is 0 Å². The van der Waals surface area contributed by atoms with Crippen molar-refractivity contribution in [1.29, 1.82) is 0 Å². The van der Waals surface area contributed by atoms with Crippen LogP contribution in [-0.2, 0) is 0 Å². The molecule has 0 aromatic carbocycles. The minimum Gasteiger partial charge on any atom is -0.346 e.